The lowest BCUT2D eigenvalue weighted by molar-refractivity contribution is 1.01. The minimum absolute atomic E-state index is 0.327. The molecule has 0 amide bonds. The van der Waals surface area contributed by atoms with Crippen LogP contribution in [0.1, 0.15) is 22.6 Å². The van der Waals surface area contributed by atoms with Crippen molar-refractivity contribution >= 4 is 0 Å². The highest BCUT2D eigenvalue weighted by molar-refractivity contribution is 5.80. The fourth-order valence-electron chi connectivity index (χ4n) is 3.06. The van der Waals surface area contributed by atoms with Crippen LogP contribution in [0.15, 0.2) is 72.8 Å². The zero-order chi connectivity index (χ0) is 12.7. The van der Waals surface area contributed by atoms with Crippen LogP contribution in [0.2, 0.25) is 0 Å². The van der Waals surface area contributed by atoms with Crippen molar-refractivity contribution in [2.24, 2.45) is 0 Å². The first-order valence-electron chi connectivity index (χ1n) is 6.60. The molecule has 3 aromatic carbocycles. The van der Waals surface area contributed by atoms with Gasteiger partial charge in [0, 0.05) is 5.92 Å². The molecule has 89 valence electrons. The van der Waals surface area contributed by atoms with Gasteiger partial charge in [0.2, 0.25) is 0 Å². The van der Waals surface area contributed by atoms with Gasteiger partial charge in [0.1, 0.15) is 0 Å². The third-order valence-corrected chi connectivity index (χ3v) is 3.87. The predicted molar refractivity (Wildman–Crippen MR) is 78.1 cm³/mol. The lowest BCUT2D eigenvalue weighted by Crippen LogP contribution is -1.98. The Bertz CT molecular complexity index is 680. The Hall–Kier alpha value is -2.34. The van der Waals surface area contributed by atoms with Crippen molar-refractivity contribution in [1.29, 1.82) is 0 Å². The second kappa shape index (κ2) is 4.10. The summed E-state index contributed by atoms with van der Waals surface area (Å²) in [6, 6.07) is 29.1. The third-order valence-electron chi connectivity index (χ3n) is 3.87. The number of benzene rings is 3. The van der Waals surface area contributed by atoms with Gasteiger partial charge in [-0.15, -0.1) is 0 Å². The molecule has 0 aliphatic heterocycles. The van der Waals surface area contributed by atoms with E-state index in [9.17, 15) is 0 Å². The smallest absolute Gasteiger partial charge is 0.0358 e. The minimum Gasteiger partial charge on any atom is -0.0622 e. The van der Waals surface area contributed by atoms with E-state index in [0.29, 0.717) is 5.92 Å². The van der Waals surface area contributed by atoms with Gasteiger partial charge in [0.05, 0.1) is 0 Å². The maximum Gasteiger partial charge on any atom is 0.0358 e. The molecule has 0 nitrogen and oxygen atoms in total. The molecule has 0 saturated carbocycles. The quantitative estimate of drug-likeness (QED) is 0.455. The van der Waals surface area contributed by atoms with E-state index >= 15 is 0 Å². The molecule has 0 N–H and O–H groups in total. The van der Waals surface area contributed by atoms with Crippen molar-refractivity contribution in [1.82, 2.24) is 0 Å². The molecule has 0 heterocycles. The molecule has 1 unspecified atom stereocenters. The summed E-state index contributed by atoms with van der Waals surface area (Å²) in [5.41, 5.74) is 6.72. The van der Waals surface area contributed by atoms with Crippen LogP contribution >= 0.6 is 0 Å². The average molecular weight is 241 g/mol. The number of hydrogen-bond donors (Lipinski definition) is 0. The molecule has 0 aromatic heterocycles. The Morgan fingerprint density at radius 2 is 1.42 bits per heavy atom. The topological polar surface area (TPSA) is 0 Å². The van der Waals surface area contributed by atoms with Gasteiger partial charge in [-0.1, -0.05) is 72.8 Å². The highest BCUT2D eigenvalue weighted by Gasteiger charge is 2.28. The molecule has 1 aliphatic carbocycles. The van der Waals surface area contributed by atoms with E-state index in [2.05, 4.69) is 72.8 Å². The normalized spacial score (nSPS) is 13.1. The predicted octanol–water partition coefficient (Wildman–Crippen LogP) is 4.65. The van der Waals surface area contributed by atoms with Gasteiger partial charge in [-0.25, -0.2) is 0 Å². The van der Waals surface area contributed by atoms with E-state index in [4.69, 9.17) is 0 Å². The number of hydrogen-bond acceptors (Lipinski definition) is 0. The molecule has 4 rings (SSSR count). The van der Waals surface area contributed by atoms with Crippen molar-refractivity contribution < 1.29 is 0 Å². The molecule has 0 heteroatoms. The maximum atomic E-state index is 3.44. The molecule has 3 aromatic rings. The van der Waals surface area contributed by atoms with Crippen molar-refractivity contribution in [3.63, 3.8) is 0 Å². The number of rotatable bonds is 1. The molecule has 1 atom stereocenters. The SMILES string of the molecule is [c]1cccc2c1C(c1ccccc1)c1ccccc1-2. The maximum absolute atomic E-state index is 3.44. The first-order valence-corrected chi connectivity index (χ1v) is 6.60. The summed E-state index contributed by atoms with van der Waals surface area (Å²) in [5, 5.41) is 0. The monoisotopic (exact) mass is 241 g/mol. The fourth-order valence-corrected chi connectivity index (χ4v) is 3.06. The van der Waals surface area contributed by atoms with E-state index < -0.39 is 0 Å². The minimum atomic E-state index is 0.327. The summed E-state index contributed by atoms with van der Waals surface area (Å²) in [7, 11) is 0. The summed E-state index contributed by atoms with van der Waals surface area (Å²) in [5.74, 6) is 0.327. The highest BCUT2D eigenvalue weighted by Crippen LogP contribution is 2.47. The lowest BCUT2D eigenvalue weighted by atomic mass is 9.89. The molecule has 0 fully saturated rings. The van der Waals surface area contributed by atoms with Gasteiger partial charge < -0.3 is 0 Å². The van der Waals surface area contributed by atoms with Crippen LogP contribution in [0, 0.1) is 6.07 Å². The first kappa shape index (κ1) is 10.6. The zero-order valence-corrected chi connectivity index (χ0v) is 10.5. The third kappa shape index (κ3) is 1.53. The van der Waals surface area contributed by atoms with Crippen LogP contribution in [-0.4, -0.2) is 0 Å². The van der Waals surface area contributed by atoms with Crippen LogP contribution in [-0.2, 0) is 0 Å². The van der Waals surface area contributed by atoms with Crippen LogP contribution in [0.3, 0.4) is 0 Å². The van der Waals surface area contributed by atoms with E-state index in [1.807, 2.05) is 6.07 Å². The summed E-state index contributed by atoms with van der Waals surface area (Å²) in [4.78, 5) is 0. The van der Waals surface area contributed by atoms with Crippen LogP contribution in [0.5, 0.6) is 0 Å². The van der Waals surface area contributed by atoms with Gasteiger partial charge in [0.15, 0.2) is 0 Å². The Balaban J connectivity index is 2.02. The van der Waals surface area contributed by atoms with Crippen LogP contribution in [0.25, 0.3) is 11.1 Å². The average Bonchev–Trinajstić information content (AvgIpc) is 2.83. The molecular formula is C19H13. The lowest BCUT2D eigenvalue weighted by Gasteiger charge is -2.13. The Kier molecular flexibility index (Phi) is 2.28. The molecule has 0 saturated heterocycles. The summed E-state index contributed by atoms with van der Waals surface area (Å²) in [6.45, 7) is 0. The fraction of sp³-hybridized carbons (Fsp3) is 0.0526. The number of fused-ring (bicyclic) bond motifs is 3. The van der Waals surface area contributed by atoms with Crippen molar-refractivity contribution in [2.75, 3.05) is 0 Å². The standard InChI is InChI=1S/C19H13/c1-2-8-14(9-3-1)19-17-12-6-4-10-15(17)16-11-5-7-13-18(16)19/h1-12,19H. The van der Waals surface area contributed by atoms with Crippen LogP contribution in [0.4, 0.5) is 0 Å². The molecular weight excluding hydrogens is 228 g/mol. The molecule has 1 aliphatic rings. The van der Waals surface area contributed by atoms with Gasteiger partial charge in [-0.3, -0.25) is 0 Å². The van der Waals surface area contributed by atoms with E-state index in [0.717, 1.165) is 0 Å². The van der Waals surface area contributed by atoms with E-state index in [1.54, 1.807) is 0 Å². The Labute approximate surface area is 113 Å². The zero-order valence-electron chi connectivity index (χ0n) is 10.5. The van der Waals surface area contributed by atoms with Crippen molar-refractivity contribution in [2.45, 2.75) is 5.92 Å². The van der Waals surface area contributed by atoms with Gasteiger partial charge in [-0.2, -0.15) is 0 Å². The summed E-state index contributed by atoms with van der Waals surface area (Å²) >= 11 is 0. The van der Waals surface area contributed by atoms with E-state index in [-0.39, 0.29) is 0 Å². The Morgan fingerprint density at radius 3 is 2.32 bits per heavy atom. The van der Waals surface area contributed by atoms with Gasteiger partial charge in [-0.05, 0) is 33.9 Å². The van der Waals surface area contributed by atoms with Gasteiger partial charge in [0.25, 0.3) is 0 Å². The second-order valence-corrected chi connectivity index (χ2v) is 4.93. The molecule has 0 spiro atoms. The molecule has 0 bridgehead atoms. The van der Waals surface area contributed by atoms with Crippen molar-refractivity contribution in [3.05, 3.63) is 95.6 Å². The van der Waals surface area contributed by atoms with Gasteiger partial charge >= 0.3 is 0 Å². The molecule has 1 radical (unpaired) electrons. The van der Waals surface area contributed by atoms with E-state index in [1.165, 1.54) is 27.8 Å². The van der Waals surface area contributed by atoms with Crippen LogP contribution < -0.4 is 0 Å². The second-order valence-electron chi connectivity index (χ2n) is 4.93. The largest absolute Gasteiger partial charge is 0.0622 e. The summed E-state index contributed by atoms with van der Waals surface area (Å²) in [6.07, 6.45) is 0. The first-order chi connectivity index (χ1) is 9.45. The Morgan fingerprint density at radius 1 is 0.684 bits per heavy atom. The highest BCUT2D eigenvalue weighted by atomic mass is 14.3. The van der Waals surface area contributed by atoms with Crippen molar-refractivity contribution in [3.8, 4) is 11.1 Å². The molecule has 19 heavy (non-hydrogen) atoms. The summed E-state index contributed by atoms with van der Waals surface area (Å²) < 4.78 is 0.